The molecular weight excluding hydrogens is 370 g/mol. The van der Waals surface area contributed by atoms with E-state index in [1.54, 1.807) is 6.08 Å². The van der Waals surface area contributed by atoms with E-state index in [9.17, 15) is 4.79 Å². The zero-order chi connectivity index (χ0) is 19.8. The van der Waals surface area contributed by atoms with E-state index in [0.29, 0.717) is 18.2 Å². The Hall–Kier alpha value is -3.04. The number of carbonyl (C=O) groups excluding carboxylic acids is 1. The first-order chi connectivity index (χ1) is 13.6. The first kappa shape index (κ1) is 19.7. The minimum atomic E-state index is -0.123. The number of aryl methyl sites for hydroxylation is 1. The number of carbonyl (C=O) groups is 1. The van der Waals surface area contributed by atoms with Gasteiger partial charge >= 0.3 is 0 Å². The second-order valence-corrected chi connectivity index (χ2v) is 6.96. The van der Waals surface area contributed by atoms with E-state index in [0.717, 1.165) is 22.4 Å². The molecule has 142 valence electrons. The molecule has 4 heteroatoms. The van der Waals surface area contributed by atoms with Gasteiger partial charge in [0, 0.05) is 17.6 Å². The van der Waals surface area contributed by atoms with Gasteiger partial charge in [-0.15, -0.1) is 0 Å². The fraction of sp³-hybridized carbons (Fsp3) is 0.125. The molecule has 0 aliphatic heterocycles. The van der Waals surface area contributed by atoms with E-state index in [1.165, 1.54) is 11.6 Å². The Kier molecular flexibility index (Phi) is 6.88. The molecule has 0 bridgehead atoms. The summed E-state index contributed by atoms with van der Waals surface area (Å²) in [4.78, 5) is 12.0. The van der Waals surface area contributed by atoms with E-state index >= 15 is 0 Å². The Morgan fingerprint density at radius 1 is 1.00 bits per heavy atom. The van der Waals surface area contributed by atoms with Crippen LogP contribution < -0.4 is 10.1 Å². The van der Waals surface area contributed by atoms with Crippen LogP contribution in [0.15, 0.2) is 78.9 Å². The van der Waals surface area contributed by atoms with Crippen LogP contribution in [0, 0.1) is 6.92 Å². The highest BCUT2D eigenvalue weighted by Gasteiger charge is 1.99. The number of hydrogen-bond donors (Lipinski definition) is 1. The summed E-state index contributed by atoms with van der Waals surface area (Å²) in [6.07, 6.45) is 3.32. The number of rotatable bonds is 7. The topological polar surface area (TPSA) is 38.3 Å². The lowest BCUT2D eigenvalue weighted by Gasteiger charge is -2.07. The van der Waals surface area contributed by atoms with Crippen molar-refractivity contribution in [3.8, 4) is 5.75 Å². The lowest BCUT2D eigenvalue weighted by atomic mass is 10.1. The van der Waals surface area contributed by atoms with Gasteiger partial charge in [0.1, 0.15) is 12.4 Å². The Morgan fingerprint density at radius 3 is 2.46 bits per heavy atom. The van der Waals surface area contributed by atoms with Crippen molar-refractivity contribution in [3.05, 3.63) is 106 Å². The zero-order valence-corrected chi connectivity index (χ0v) is 16.4. The third-order valence-corrected chi connectivity index (χ3v) is 4.42. The molecule has 0 radical (unpaired) electrons. The third kappa shape index (κ3) is 6.29. The summed E-state index contributed by atoms with van der Waals surface area (Å²) in [7, 11) is 0. The summed E-state index contributed by atoms with van der Waals surface area (Å²) < 4.78 is 5.76. The van der Waals surface area contributed by atoms with Crippen molar-refractivity contribution >= 4 is 23.6 Å². The van der Waals surface area contributed by atoms with Crippen molar-refractivity contribution in [1.29, 1.82) is 0 Å². The average molecular weight is 392 g/mol. The Labute approximate surface area is 170 Å². The first-order valence-corrected chi connectivity index (χ1v) is 9.45. The van der Waals surface area contributed by atoms with Crippen molar-refractivity contribution in [1.82, 2.24) is 5.32 Å². The molecule has 0 spiro atoms. The fourth-order valence-electron chi connectivity index (χ4n) is 2.59. The minimum absolute atomic E-state index is 0.123. The van der Waals surface area contributed by atoms with Crippen LogP contribution in [0.1, 0.15) is 22.3 Å². The van der Waals surface area contributed by atoms with Gasteiger partial charge in [0.05, 0.1) is 0 Å². The van der Waals surface area contributed by atoms with Gasteiger partial charge in [-0.1, -0.05) is 65.7 Å². The van der Waals surface area contributed by atoms with Crippen LogP contribution in [0.2, 0.25) is 5.02 Å². The van der Waals surface area contributed by atoms with Crippen LogP contribution >= 0.6 is 11.6 Å². The molecule has 0 saturated heterocycles. The maximum Gasteiger partial charge on any atom is 0.244 e. The van der Waals surface area contributed by atoms with Crippen LogP contribution in [-0.2, 0) is 17.9 Å². The lowest BCUT2D eigenvalue weighted by molar-refractivity contribution is -0.116. The maximum atomic E-state index is 12.0. The lowest BCUT2D eigenvalue weighted by Crippen LogP contribution is -2.20. The molecule has 28 heavy (non-hydrogen) atoms. The molecule has 0 fully saturated rings. The van der Waals surface area contributed by atoms with Gasteiger partial charge in [0.25, 0.3) is 0 Å². The molecule has 1 amide bonds. The average Bonchev–Trinajstić information content (AvgIpc) is 2.71. The normalized spacial score (nSPS) is 10.8. The Balaban J connectivity index is 1.47. The standard InChI is InChI=1S/C24H22ClNO2/c1-18-5-7-20(8-6-18)16-26-24(27)14-11-19-9-12-23(13-10-19)28-17-21-3-2-4-22(25)15-21/h2-15H,16-17H2,1H3,(H,26,27)/b14-11+. The highest BCUT2D eigenvalue weighted by Crippen LogP contribution is 2.17. The molecule has 0 atom stereocenters. The zero-order valence-electron chi connectivity index (χ0n) is 15.7. The SMILES string of the molecule is Cc1ccc(CNC(=O)/C=C/c2ccc(OCc3cccc(Cl)c3)cc2)cc1. The van der Waals surface area contributed by atoms with Gasteiger partial charge in [-0.2, -0.15) is 0 Å². The molecule has 0 saturated carbocycles. The van der Waals surface area contributed by atoms with Gasteiger partial charge in [0.2, 0.25) is 5.91 Å². The number of benzene rings is 3. The molecule has 0 aromatic heterocycles. The molecule has 3 nitrogen and oxygen atoms in total. The van der Waals surface area contributed by atoms with Crippen LogP contribution in [0.4, 0.5) is 0 Å². The molecule has 0 aliphatic carbocycles. The van der Waals surface area contributed by atoms with Crippen LogP contribution in [-0.4, -0.2) is 5.91 Å². The molecular formula is C24H22ClNO2. The summed E-state index contributed by atoms with van der Waals surface area (Å²) in [6, 6.07) is 23.3. The molecule has 0 unspecified atom stereocenters. The van der Waals surface area contributed by atoms with E-state index in [1.807, 2.05) is 79.7 Å². The van der Waals surface area contributed by atoms with Crippen molar-refractivity contribution < 1.29 is 9.53 Å². The summed E-state index contributed by atoms with van der Waals surface area (Å²) in [5.41, 5.74) is 4.23. The molecule has 3 aromatic carbocycles. The highest BCUT2D eigenvalue weighted by atomic mass is 35.5. The predicted octanol–water partition coefficient (Wildman–Crippen LogP) is 5.56. The van der Waals surface area contributed by atoms with Gasteiger partial charge in [-0.3, -0.25) is 4.79 Å². The number of halogens is 1. The fourth-order valence-corrected chi connectivity index (χ4v) is 2.81. The monoisotopic (exact) mass is 391 g/mol. The summed E-state index contributed by atoms with van der Waals surface area (Å²) in [5.74, 6) is 0.641. The third-order valence-electron chi connectivity index (χ3n) is 4.19. The van der Waals surface area contributed by atoms with Gasteiger partial charge < -0.3 is 10.1 Å². The van der Waals surface area contributed by atoms with Gasteiger partial charge in [-0.25, -0.2) is 0 Å². The summed E-state index contributed by atoms with van der Waals surface area (Å²) in [6.45, 7) is 3.01. The van der Waals surface area contributed by atoms with Crippen LogP contribution in [0.3, 0.4) is 0 Å². The molecule has 1 N–H and O–H groups in total. The van der Waals surface area contributed by atoms with Gasteiger partial charge in [0.15, 0.2) is 0 Å². The van der Waals surface area contributed by atoms with Crippen molar-refractivity contribution in [2.75, 3.05) is 0 Å². The second kappa shape index (κ2) is 9.77. The number of amides is 1. The maximum absolute atomic E-state index is 12.0. The van der Waals surface area contributed by atoms with Crippen LogP contribution in [0.5, 0.6) is 5.75 Å². The van der Waals surface area contributed by atoms with E-state index in [2.05, 4.69) is 5.32 Å². The summed E-state index contributed by atoms with van der Waals surface area (Å²) >= 11 is 5.98. The number of ether oxygens (including phenoxy) is 1. The number of hydrogen-bond acceptors (Lipinski definition) is 2. The van der Waals surface area contributed by atoms with Crippen molar-refractivity contribution in [2.24, 2.45) is 0 Å². The largest absolute Gasteiger partial charge is 0.489 e. The summed E-state index contributed by atoms with van der Waals surface area (Å²) in [5, 5.41) is 3.58. The van der Waals surface area contributed by atoms with E-state index < -0.39 is 0 Å². The van der Waals surface area contributed by atoms with E-state index in [4.69, 9.17) is 16.3 Å². The molecule has 0 heterocycles. The van der Waals surface area contributed by atoms with Gasteiger partial charge in [-0.05, 0) is 54.0 Å². The van der Waals surface area contributed by atoms with Crippen molar-refractivity contribution in [2.45, 2.75) is 20.1 Å². The minimum Gasteiger partial charge on any atom is -0.489 e. The predicted molar refractivity (Wildman–Crippen MR) is 114 cm³/mol. The van der Waals surface area contributed by atoms with E-state index in [-0.39, 0.29) is 5.91 Å². The van der Waals surface area contributed by atoms with Crippen molar-refractivity contribution in [3.63, 3.8) is 0 Å². The number of nitrogens with one attached hydrogen (secondary N) is 1. The quantitative estimate of drug-likeness (QED) is 0.535. The Morgan fingerprint density at radius 2 is 1.75 bits per heavy atom. The molecule has 3 rings (SSSR count). The molecule has 3 aromatic rings. The molecule has 0 aliphatic rings. The van der Waals surface area contributed by atoms with Crippen LogP contribution in [0.25, 0.3) is 6.08 Å². The second-order valence-electron chi connectivity index (χ2n) is 6.52. The highest BCUT2D eigenvalue weighted by molar-refractivity contribution is 6.30. The Bertz CT molecular complexity index is 947. The smallest absolute Gasteiger partial charge is 0.244 e. The first-order valence-electron chi connectivity index (χ1n) is 9.07.